The molecule has 10 heteroatoms. The van der Waals surface area contributed by atoms with E-state index in [2.05, 4.69) is 42.7 Å². The highest BCUT2D eigenvalue weighted by atomic mass is 79.9. The van der Waals surface area contributed by atoms with E-state index < -0.39 is 11.6 Å². The first-order chi connectivity index (χ1) is 21.4. The van der Waals surface area contributed by atoms with Gasteiger partial charge in [0, 0.05) is 45.5 Å². The lowest BCUT2D eigenvalue weighted by Gasteiger charge is -2.31. The van der Waals surface area contributed by atoms with Crippen molar-refractivity contribution >= 4 is 55.3 Å². The number of carbonyl (C=O) groups is 1. The van der Waals surface area contributed by atoms with Crippen molar-refractivity contribution in [2.75, 3.05) is 19.8 Å². The van der Waals surface area contributed by atoms with E-state index in [4.69, 9.17) is 31.2 Å². The van der Waals surface area contributed by atoms with Gasteiger partial charge in [-0.3, -0.25) is 10.2 Å². The zero-order valence-corrected chi connectivity index (χ0v) is 27.7. The summed E-state index contributed by atoms with van der Waals surface area (Å²) in [5.74, 6) is 0.721. The number of ether oxygens (including phenoxy) is 2. The third-order valence-corrected chi connectivity index (χ3v) is 8.79. The summed E-state index contributed by atoms with van der Waals surface area (Å²) in [5, 5.41) is 9.73. The van der Waals surface area contributed by atoms with Crippen LogP contribution in [0.3, 0.4) is 0 Å². The van der Waals surface area contributed by atoms with Crippen LogP contribution in [0.25, 0.3) is 0 Å². The van der Waals surface area contributed by atoms with E-state index in [1.165, 1.54) is 0 Å². The second-order valence-electron chi connectivity index (χ2n) is 10.4. The largest absolute Gasteiger partial charge is 0.494 e. The zero-order valence-electron chi connectivity index (χ0n) is 23.8. The number of nitrogens with one attached hydrogen (secondary N) is 2. The van der Waals surface area contributed by atoms with E-state index in [0.717, 1.165) is 31.2 Å². The summed E-state index contributed by atoms with van der Waals surface area (Å²) in [5.41, 5.74) is 8.21. The van der Waals surface area contributed by atoms with Gasteiger partial charge in [-0.2, -0.15) is 0 Å². The van der Waals surface area contributed by atoms with E-state index in [9.17, 15) is 4.79 Å². The van der Waals surface area contributed by atoms with Crippen LogP contribution in [0.2, 0.25) is 5.02 Å². The van der Waals surface area contributed by atoms with Crippen molar-refractivity contribution in [3.63, 3.8) is 0 Å². The van der Waals surface area contributed by atoms with Gasteiger partial charge in [-0.25, -0.2) is 10.4 Å². The van der Waals surface area contributed by atoms with Gasteiger partial charge in [0.05, 0.1) is 6.61 Å². The highest BCUT2D eigenvalue weighted by molar-refractivity contribution is 9.10. The van der Waals surface area contributed by atoms with Crippen LogP contribution in [-0.4, -0.2) is 42.2 Å². The molecule has 4 aromatic carbocycles. The van der Waals surface area contributed by atoms with Crippen LogP contribution in [0.15, 0.2) is 111 Å². The molecule has 0 bridgehead atoms. The van der Waals surface area contributed by atoms with Crippen LogP contribution < -0.4 is 15.6 Å². The fourth-order valence-electron chi connectivity index (χ4n) is 5.00. The van der Waals surface area contributed by atoms with Gasteiger partial charge in [0.1, 0.15) is 5.75 Å². The van der Waals surface area contributed by atoms with Gasteiger partial charge in [0.15, 0.2) is 11.6 Å². The second kappa shape index (κ2) is 15.2. The summed E-state index contributed by atoms with van der Waals surface area (Å²) < 4.78 is 14.1. The number of hydrogen-bond donors (Lipinski definition) is 3. The molecule has 5 rings (SSSR count). The average molecular weight is 742 g/mol. The van der Waals surface area contributed by atoms with Gasteiger partial charge in [0.2, 0.25) is 5.90 Å². The van der Waals surface area contributed by atoms with Gasteiger partial charge in [-0.15, -0.1) is 0 Å². The molecule has 2 atom stereocenters. The Kier molecular flexibility index (Phi) is 11.1. The Labute approximate surface area is 278 Å². The Balaban J connectivity index is 1.48. The van der Waals surface area contributed by atoms with Crippen molar-refractivity contribution in [2.24, 2.45) is 4.99 Å². The number of amides is 1. The highest BCUT2D eigenvalue weighted by Crippen LogP contribution is 2.43. The molecule has 4 aromatic rings. The zero-order chi connectivity index (χ0) is 30.9. The number of aliphatic imine (C=N–C) groups is 1. The molecular formula is C34H32Br2ClN3O4. The molecule has 0 aromatic heterocycles. The molecule has 1 heterocycles. The number of carbonyl (C=O) groups excluding carboxylic acids is 1. The molecule has 3 N–H and O–H groups in total. The van der Waals surface area contributed by atoms with Gasteiger partial charge in [-0.1, -0.05) is 85.9 Å². The average Bonchev–Trinajstić information content (AvgIpc) is 3.41. The molecule has 0 radical (unpaired) electrons. The van der Waals surface area contributed by atoms with Gasteiger partial charge in [-0.05, 0) is 77.7 Å². The van der Waals surface area contributed by atoms with Gasteiger partial charge >= 0.3 is 0 Å². The maximum Gasteiger partial charge on any atom is 0.266 e. The van der Waals surface area contributed by atoms with Gasteiger partial charge in [0.25, 0.3) is 5.91 Å². The number of aliphatic hydroxyl groups excluding tert-OH is 1. The highest BCUT2D eigenvalue weighted by Gasteiger charge is 2.53. The normalized spacial score (nSPS) is 17.5. The molecule has 1 aliphatic heterocycles. The second-order valence-corrected chi connectivity index (χ2v) is 12.6. The number of rotatable bonds is 13. The molecule has 0 aliphatic carbocycles. The summed E-state index contributed by atoms with van der Waals surface area (Å²) in [6, 6.07) is 30.6. The number of benzene rings is 4. The van der Waals surface area contributed by atoms with Crippen LogP contribution in [0.5, 0.6) is 5.75 Å². The number of hydrogen-bond acceptors (Lipinski definition) is 6. The minimum atomic E-state index is -1.34. The summed E-state index contributed by atoms with van der Waals surface area (Å²) in [6.07, 6.45) is 0.786. The SMILES string of the molecule is O=C(NNCCc1cccc(Cl)c1)[C@@]1(Cc2ccccc2Br)N=C(c2ccc(OCCCO)cc2)O[C@H]1c1ccc(Br)cc1. The number of halogens is 3. The maximum atomic E-state index is 14.3. The maximum absolute atomic E-state index is 14.3. The van der Waals surface area contributed by atoms with Crippen molar-refractivity contribution in [1.82, 2.24) is 10.9 Å². The van der Waals surface area contributed by atoms with E-state index in [0.29, 0.717) is 42.7 Å². The predicted molar refractivity (Wildman–Crippen MR) is 180 cm³/mol. The van der Waals surface area contributed by atoms with E-state index >= 15 is 0 Å². The summed E-state index contributed by atoms with van der Waals surface area (Å²) in [6.45, 7) is 0.977. The minimum Gasteiger partial charge on any atom is -0.494 e. The first-order valence-electron chi connectivity index (χ1n) is 14.3. The molecule has 1 amide bonds. The Morgan fingerprint density at radius 3 is 2.50 bits per heavy atom. The lowest BCUT2D eigenvalue weighted by atomic mass is 9.82. The minimum absolute atomic E-state index is 0.0668. The molecule has 228 valence electrons. The van der Waals surface area contributed by atoms with Crippen LogP contribution in [0, 0.1) is 0 Å². The Morgan fingerprint density at radius 2 is 1.77 bits per heavy atom. The van der Waals surface area contributed by atoms with E-state index in [1.54, 1.807) is 0 Å². The number of nitrogens with zero attached hydrogens (tertiary/aromatic N) is 1. The molecule has 0 spiro atoms. The molecular weight excluding hydrogens is 710 g/mol. The summed E-state index contributed by atoms with van der Waals surface area (Å²) >= 11 is 13.3. The van der Waals surface area contributed by atoms with Crippen LogP contribution in [0.4, 0.5) is 0 Å². The first kappa shape index (κ1) is 32.2. The molecule has 44 heavy (non-hydrogen) atoms. The van der Waals surface area contributed by atoms with Crippen molar-refractivity contribution in [2.45, 2.75) is 30.9 Å². The Morgan fingerprint density at radius 1 is 1.00 bits per heavy atom. The van der Waals surface area contributed by atoms with Crippen LogP contribution in [0.1, 0.15) is 34.8 Å². The predicted octanol–water partition coefficient (Wildman–Crippen LogP) is 6.99. The summed E-state index contributed by atoms with van der Waals surface area (Å²) in [7, 11) is 0. The Hall–Kier alpha value is -3.21. The molecule has 0 saturated carbocycles. The fraction of sp³-hybridized carbons (Fsp3) is 0.235. The van der Waals surface area contributed by atoms with Crippen molar-refractivity contribution in [3.8, 4) is 5.75 Å². The van der Waals surface area contributed by atoms with Crippen LogP contribution in [-0.2, 0) is 22.4 Å². The van der Waals surface area contributed by atoms with Crippen molar-refractivity contribution < 1.29 is 19.4 Å². The Bertz CT molecular complexity index is 1600. The molecule has 0 saturated heterocycles. The smallest absolute Gasteiger partial charge is 0.266 e. The third kappa shape index (κ3) is 7.89. The molecule has 0 unspecified atom stereocenters. The number of aliphatic hydroxyl groups is 1. The van der Waals surface area contributed by atoms with Gasteiger partial charge < -0.3 is 14.6 Å². The van der Waals surface area contributed by atoms with Crippen molar-refractivity contribution in [3.05, 3.63) is 133 Å². The van der Waals surface area contributed by atoms with Crippen LogP contribution >= 0.6 is 43.5 Å². The lowest BCUT2D eigenvalue weighted by molar-refractivity contribution is -0.130. The first-order valence-corrected chi connectivity index (χ1v) is 16.2. The third-order valence-electron chi connectivity index (χ3n) is 7.25. The lowest BCUT2D eigenvalue weighted by Crippen LogP contribution is -2.54. The monoisotopic (exact) mass is 739 g/mol. The number of hydrazine groups is 1. The summed E-state index contributed by atoms with van der Waals surface area (Å²) in [4.78, 5) is 19.4. The molecule has 1 aliphatic rings. The molecule has 7 nitrogen and oxygen atoms in total. The van der Waals surface area contributed by atoms with Crippen molar-refractivity contribution in [1.29, 1.82) is 0 Å². The molecule has 0 fully saturated rings. The van der Waals surface area contributed by atoms with E-state index in [1.807, 2.05) is 97.1 Å². The fourth-order valence-corrected chi connectivity index (χ4v) is 5.90. The topological polar surface area (TPSA) is 92.2 Å². The standard InChI is InChI=1S/C34H32Br2ClN3O4/c35-27-13-9-24(10-14-27)31-34(22-26-6-1-2-8-30(26)36,33(42)40-38-18-17-23-5-3-7-28(37)21-23)39-32(44-31)25-11-15-29(16-12-25)43-20-4-19-41/h1-3,5-16,21,31,38,41H,4,17-20,22H2,(H,40,42)/t31-,34-/m0/s1. The van der Waals surface area contributed by atoms with E-state index in [-0.39, 0.29) is 18.9 Å². The quantitative estimate of drug-likeness (QED) is 0.102.